The molecule has 2 heterocycles. The molecule has 0 spiro atoms. The molecule has 2 aromatic heterocycles. The summed E-state index contributed by atoms with van der Waals surface area (Å²) in [5.41, 5.74) is 1.09. The topological polar surface area (TPSA) is 57.0 Å². The molecule has 0 atom stereocenters. The highest BCUT2D eigenvalue weighted by molar-refractivity contribution is 7.99. The molecule has 0 unspecified atom stereocenters. The quantitative estimate of drug-likeness (QED) is 0.546. The molecule has 126 valence electrons. The lowest BCUT2D eigenvalue weighted by molar-refractivity contribution is -0.139. The molecule has 0 fully saturated rings. The highest BCUT2D eigenvalue weighted by atomic mass is 32.2. The molecule has 0 aliphatic rings. The lowest BCUT2D eigenvalue weighted by Gasteiger charge is -2.12. The molecular formula is C16H23N3O2S2. The van der Waals surface area contributed by atoms with E-state index < -0.39 is 0 Å². The molecule has 0 bridgehead atoms. The molecule has 0 aliphatic carbocycles. The molecule has 2 rings (SSSR count). The van der Waals surface area contributed by atoms with Crippen LogP contribution >= 0.6 is 23.1 Å². The maximum Gasteiger partial charge on any atom is 0.316 e. The van der Waals surface area contributed by atoms with Gasteiger partial charge in [0.2, 0.25) is 0 Å². The molecule has 0 saturated heterocycles. The van der Waals surface area contributed by atoms with Gasteiger partial charge < -0.3 is 4.74 Å². The van der Waals surface area contributed by atoms with Gasteiger partial charge in [0.25, 0.3) is 0 Å². The smallest absolute Gasteiger partial charge is 0.316 e. The van der Waals surface area contributed by atoms with Crippen molar-refractivity contribution in [2.24, 2.45) is 0 Å². The predicted molar refractivity (Wildman–Crippen MR) is 95.2 cm³/mol. The summed E-state index contributed by atoms with van der Waals surface area (Å²) in [5, 5.41) is 11.5. The fraction of sp³-hybridized carbons (Fsp3) is 0.562. The molecule has 0 aliphatic heterocycles. The number of aromatic nitrogens is 3. The van der Waals surface area contributed by atoms with E-state index in [1.54, 1.807) is 18.3 Å². The van der Waals surface area contributed by atoms with E-state index in [4.69, 9.17) is 4.74 Å². The first kappa shape index (κ1) is 18.0. The van der Waals surface area contributed by atoms with Crippen LogP contribution in [-0.4, -0.2) is 33.1 Å². The van der Waals surface area contributed by atoms with Gasteiger partial charge in [0, 0.05) is 21.9 Å². The number of rotatable bonds is 7. The Morgan fingerprint density at radius 2 is 2.09 bits per heavy atom. The molecular weight excluding hydrogens is 330 g/mol. The summed E-state index contributed by atoms with van der Waals surface area (Å²) < 4.78 is 7.05. The van der Waals surface area contributed by atoms with Gasteiger partial charge in [-0.25, -0.2) is 0 Å². The van der Waals surface area contributed by atoms with Crippen molar-refractivity contribution in [3.63, 3.8) is 0 Å². The third-order valence-electron chi connectivity index (χ3n) is 3.25. The van der Waals surface area contributed by atoms with Gasteiger partial charge in [-0.2, -0.15) is 0 Å². The van der Waals surface area contributed by atoms with Crippen LogP contribution < -0.4 is 0 Å². The second-order valence-corrected chi connectivity index (χ2v) is 7.64. The van der Waals surface area contributed by atoms with Crippen LogP contribution in [0.25, 0.3) is 11.4 Å². The Hall–Kier alpha value is -1.34. The van der Waals surface area contributed by atoms with E-state index in [0.29, 0.717) is 12.5 Å². The average Bonchev–Trinajstić information content (AvgIpc) is 3.11. The first-order valence-electron chi connectivity index (χ1n) is 7.76. The minimum atomic E-state index is -0.227. The van der Waals surface area contributed by atoms with Gasteiger partial charge in [-0.05, 0) is 32.8 Å². The Morgan fingerprint density at radius 1 is 1.35 bits per heavy atom. The number of carbonyl (C=O) groups excluding carboxylic acids is 1. The van der Waals surface area contributed by atoms with Gasteiger partial charge >= 0.3 is 5.97 Å². The number of hydrogen-bond donors (Lipinski definition) is 0. The summed E-state index contributed by atoms with van der Waals surface area (Å²) in [6.45, 7) is 10.8. The number of esters is 1. The van der Waals surface area contributed by atoms with Crippen LogP contribution in [0.1, 0.15) is 51.5 Å². The number of nitrogens with zero attached hydrogens (tertiary/aromatic N) is 3. The van der Waals surface area contributed by atoms with Crippen LogP contribution in [0.4, 0.5) is 0 Å². The zero-order valence-electron chi connectivity index (χ0n) is 14.2. The first-order valence-corrected chi connectivity index (χ1v) is 9.62. The lowest BCUT2D eigenvalue weighted by atomic mass is 10.1. The van der Waals surface area contributed by atoms with Crippen molar-refractivity contribution >= 4 is 29.1 Å². The van der Waals surface area contributed by atoms with Gasteiger partial charge in [0.05, 0.1) is 12.4 Å². The van der Waals surface area contributed by atoms with Crippen LogP contribution in [-0.2, 0) is 9.53 Å². The van der Waals surface area contributed by atoms with Crippen LogP contribution in [0, 0.1) is 0 Å². The molecule has 23 heavy (non-hydrogen) atoms. The van der Waals surface area contributed by atoms with Crippen molar-refractivity contribution in [2.75, 3.05) is 12.4 Å². The maximum atomic E-state index is 11.6. The summed E-state index contributed by atoms with van der Waals surface area (Å²) in [7, 11) is 0. The maximum absolute atomic E-state index is 11.6. The molecule has 0 aromatic carbocycles. The summed E-state index contributed by atoms with van der Waals surface area (Å²) in [5.74, 6) is 1.38. The zero-order chi connectivity index (χ0) is 17.0. The molecule has 0 radical (unpaired) electrons. The number of thiophene rings is 1. The molecule has 2 aromatic rings. The Morgan fingerprint density at radius 3 is 2.65 bits per heavy atom. The van der Waals surface area contributed by atoms with Gasteiger partial charge in [-0.1, -0.05) is 25.6 Å². The van der Waals surface area contributed by atoms with E-state index in [1.165, 1.54) is 16.6 Å². The average molecular weight is 354 g/mol. The molecule has 0 N–H and O–H groups in total. The van der Waals surface area contributed by atoms with Crippen molar-refractivity contribution in [1.29, 1.82) is 0 Å². The van der Waals surface area contributed by atoms with Crippen LogP contribution in [0.5, 0.6) is 0 Å². The van der Waals surface area contributed by atoms with Crippen LogP contribution in [0.15, 0.2) is 16.6 Å². The van der Waals surface area contributed by atoms with E-state index in [0.717, 1.165) is 16.5 Å². The van der Waals surface area contributed by atoms with E-state index in [1.807, 2.05) is 0 Å². The standard InChI is InChI=1S/C16H23N3O2S2/c1-6-21-14(20)9-23-16-18-17-15(19(16)11(4)5)12-7-13(10(2)3)22-8-12/h7-8,10-11H,6,9H2,1-5H3. The van der Waals surface area contributed by atoms with Gasteiger partial charge in [0.1, 0.15) is 0 Å². The van der Waals surface area contributed by atoms with E-state index in [2.05, 4.69) is 53.9 Å². The van der Waals surface area contributed by atoms with Crippen LogP contribution in [0.3, 0.4) is 0 Å². The zero-order valence-corrected chi connectivity index (χ0v) is 15.8. The Kier molecular flexibility index (Phi) is 6.24. The van der Waals surface area contributed by atoms with Crippen molar-refractivity contribution < 1.29 is 9.53 Å². The van der Waals surface area contributed by atoms with E-state index in [9.17, 15) is 4.79 Å². The highest BCUT2D eigenvalue weighted by Gasteiger charge is 2.19. The third-order valence-corrected chi connectivity index (χ3v) is 5.40. The fourth-order valence-corrected chi connectivity index (χ4v) is 3.91. The lowest BCUT2D eigenvalue weighted by Crippen LogP contribution is -2.09. The summed E-state index contributed by atoms with van der Waals surface area (Å²) >= 11 is 3.12. The minimum absolute atomic E-state index is 0.215. The van der Waals surface area contributed by atoms with E-state index >= 15 is 0 Å². The third kappa shape index (κ3) is 4.35. The monoisotopic (exact) mass is 353 g/mol. The Balaban J connectivity index is 2.25. The van der Waals surface area contributed by atoms with Crippen molar-refractivity contribution in [3.05, 3.63) is 16.3 Å². The molecule has 0 saturated carbocycles. The summed E-state index contributed by atoms with van der Waals surface area (Å²) in [6, 6.07) is 2.39. The molecule has 7 heteroatoms. The van der Waals surface area contributed by atoms with Crippen molar-refractivity contribution in [1.82, 2.24) is 14.8 Å². The van der Waals surface area contributed by atoms with Crippen molar-refractivity contribution in [2.45, 2.75) is 51.7 Å². The summed E-state index contributed by atoms with van der Waals surface area (Å²) in [6.07, 6.45) is 0. The van der Waals surface area contributed by atoms with Gasteiger partial charge in [-0.3, -0.25) is 9.36 Å². The number of hydrogen-bond acceptors (Lipinski definition) is 6. The number of thioether (sulfide) groups is 1. The van der Waals surface area contributed by atoms with E-state index in [-0.39, 0.29) is 17.8 Å². The second-order valence-electron chi connectivity index (χ2n) is 5.76. The SMILES string of the molecule is CCOC(=O)CSc1nnc(-c2csc(C(C)C)c2)n1C(C)C. The first-order chi connectivity index (χ1) is 10.9. The highest BCUT2D eigenvalue weighted by Crippen LogP contribution is 2.32. The van der Waals surface area contributed by atoms with Crippen molar-refractivity contribution in [3.8, 4) is 11.4 Å². The minimum Gasteiger partial charge on any atom is -0.465 e. The summed E-state index contributed by atoms with van der Waals surface area (Å²) in [4.78, 5) is 12.9. The largest absolute Gasteiger partial charge is 0.465 e. The predicted octanol–water partition coefficient (Wildman–Crippen LogP) is 4.37. The van der Waals surface area contributed by atoms with Crippen LogP contribution in [0.2, 0.25) is 0 Å². The Labute approximate surface area is 145 Å². The molecule has 5 nitrogen and oxygen atoms in total. The number of ether oxygens (including phenoxy) is 1. The number of carbonyl (C=O) groups is 1. The normalized spacial score (nSPS) is 11.4. The second kappa shape index (κ2) is 7.97. The molecule has 0 amide bonds. The Bertz CT molecular complexity index is 662. The fourth-order valence-electron chi connectivity index (χ4n) is 2.14. The van der Waals surface area contributed by atoms with Gasteiger partial charge in [0.15, 0.2) is 11.0 Å². The van der Waals surface area contributed by atoms with Gasteiger partial charge in [-0.15, -0.1) is 21.5 Å².